The third-order valence-corrected chi connectivity index (χ3v) is 0. The van der Waals surface area contributed by atoms with Gasteiger partial charge in [-0.25, -0.2) is 0 Å². The fourth-order valence-corrected chi connectivity index (χ4v) is 0. The van der Waals surface area contributed by atoms with Crippen molar-refractivity contribution in [2.75, 3.05) is 0 Å². The van der Waals surface area contributed by atoms with E-state index in [0.29, 0.717) is 0 Å². The summed E-state index contributed by atoms with van der Waals surface area (Å²) in [6.07, 6.45) is 0. The van der Waals surface area contributed by atoms with Crippen LogP contribution in [0.5, 0.6) is 0 Å². The summed E-state index contributed by atoms with van der Waals surface area (Å²) in [5, 5.41) is 0. The predicted octanol–water partition coefficient (Wildman–Crippen LogP) is -1.40. The standard InChI is InChI=1S/Ni.H3P.H4Si.W/h;1H3;1H4;. The van der Waals surface area contributed by atoms with E-state index in [1.807, 2.05) is 0 Å². The smallest absolute Gasteiger partial charge is 0 e. The van der Waals surface area contributed by atoms with Gasteiger partial charge in [0.25, 0.3) is 0 Å². The van der Waals surface area contributed by atoms with Gasteiger partial charge in [0.15, 0.2) is 0 Å². The molecule has 0 heterocycles. The molecule has 1 atom stereocenters. The molecule has 0 amide bonds. The monoisotopic (exact) mass is 308 g/mol. The molecule has 0 aromatic heterocycles. The summed E-state index contributed by atoms with van der Waals surface area (Å²) in [6.45, 7) is 0. The quantitative estimate of drug-likeness (QED) is 0.382. The van der Waals surface area contributed by atoms with Gasteiger partial charge >= 0.3 is 0 Å². The number of hydrogen-bond donors (Lipinski definition) is 0. The van der Waals surface area contributed by atoms with Crippen molar-refractivity contribution in [2.24, 2.45) is 0 Å². The Hall–Kier alpha value is 1.83. The SMILES string of the molecule is P.[Ni].[SiH4].[W]. The molecule has 0 aromatic carbocycles. The largest absolute Gasteiger partial charge is 0.153 e. The van der Waals surface area contributed by atoms with Crippen LogP contribution in [0.15, 0.2) is 0 Å². The Balaban J connectivity index is 0. The first-order chi connectivity index (χ1) is 0. The summed E-state index contributed by atoms with van der Waals surface area (Å²) in [5.74, 6) is 0. The third kappa shape index (κ3) is 9.16. The molecule has 0 radical (unpaired) electrons. The van der Waals surface area contributed by atoms with Crippen LogP contribution in [0.4, 0.5) is 0 Å². The zero-order valence-corrected chi connectivity index (χ0v) is 6.77. The summed E-state index contributed by atoms with van der Waals surface area (Å²) in [5.41, 5.74) is 0. The Labute approximate surface area is 58.3 Å². The summed E-state index contributed by atoms with van der Waals surface area (Å²) in [7, 11) is 0. The van der Waals surface area contributed by atoms with Crippen molar-refractivity contribution in [3.63, 3.8) is 0 Å². The average molecular weight is 309 g/mol. The van der Waals surface area contributed by atoms with Gasteiger partial charge in [-0.3, -0.25) is 0 Å². The van der Waals surface area contributed by atoms with Crippen LogP contribution in [0.1, 0.15) is 0 Å². The molecule has 0 saturated heterocycles. The van der Waals surface area contributed by atoms with Crippen molar-refractivity contribution in [1.82, 2.24) is 0 Å². The van der Waals surface area contributed by atoms with Crippen molar-refractivity contribution in [1.29, 1.82) is 0 Å². The molecule has 0 nitrogen and oxygen atoms in total. The molecule has 0 bridgehead atoms. The molecule has 0 rings (SSSR count). The Morgan fingerprint density at radius 2 is 1.00 bits per heavy atom. The van der Waals surface area contributed by atoms with Crippen LogP contribution in [0.2, 0.25) is 0 Å². The van der Waals surface area contributed by atoms with E-state index in [4.69, 9.17) is 0 Å². The van der Waals surface area contributed by atoms with E-state index in [1.165, 1.54) is 0 Å². The van der Waals surface area contributed by atoms with Crippen LogP contribution < -0.4 is 0 Å². The van der Waals surface area contributed by atoms with Gasteiger partial charge in [-0.2, -0.15) is 9.90 Å². The van der Waals surface area contributed by atoms with Gasteiger partial charge in [0.05, 0.1) is 0 Å². The Morgan fingerprint density at radius 1 is 1.00 bits per heavy atom. The van der Waals surface area contributed by atoms with Crippen LogP contribution in [0.3, 0.4) is 0 Å². The Kier molecular flexibility index (Phi) is 215. The molecule has 0 aliphatic heterocycles. The predicted molar refractivity (Wildman–Crippen MR) is 22.4 cm³/mol. The normalized spacial score (nSPS) is 0. The molecule has 4 heavy (non-hydrogen) atoms. The maximum Gasteiger partial charge on any atom is 0 e. The zero-order valence-electron chi connectivity index (χ0n) is 1.43. The first-order valence-corrected chi connectivity index (χ1v) is 0. The topological polar surface area (TPSA) is 0 Å². The minimum atomic E-state index is 0. The van der Waals surface area contributed by atoms with Crippen LogP contribution in [-0.2, 0) is 37.6 Å². The van der Waals surface area contributed by atoms with Crippen LogP contribution in [0, 0.1) is 0 Å². The average Bonchev–Trinajstić information content (AvgIpc) is 0. The van der Waals surface area contributed by atoms with E-state index in [-0.39, 0.29) is 58.4 Å². The number of rotatable bonds is 0. The first kappa shape index (κ1) is 40.6. The second kappa shape index (κ2) is 21.2. The molecule has 0 aliphatic rings. The van der Waals surface area contributed by atoms with Gasteiger partial charge in [-0.15, -0.1) is 0 Å². The summed E-state index contributed by atoms with van der Waals surface area (Å²) < 4.78 is 0. The van der Waals surface area contributed by atoms with Crippen molar-refractivity contribution < 1.29 is 37.6 Å². The molecule has 0 N–H and O–H groups in total. The fourth-order valence-electron chi connectivity index (χ4n) is 0. The van der Waals surface area contributed by atoms with E-state index >= 15 is 0 Å². The summed E-state index contributed by atoms with van der Waals surface area (Å²) in [4.78, 5) is 0. The second-order valence-electron chi connectivity index (χ2n) is 0. The van der Waals surface area contributed by atoms with Gasteiger partial charge in [0, 0.05) is 37.6 Å². The van der Waals surface area contributed by atoms with E-state index in [0.717, 1.165) is 0 Å². The van der Waals surface area contributed by atoms with Gasteiger partial charge < -0.3 is 0 Å². The molecule has 0 aromatic rings. The molecular formula is H7NiPSiW. The molecule has 0 spiro atoms. The summed E-state index contributed by atoms with van der Waals surface area (Å²) >= 11 is 0. The van der Waals surface area contributed by atoms with E-state index in [9.17, 15) is 0 Å². The van der Waals surface area contributed by atoms with Crippen LogP contribution in [0.25, 0.3) is 0 Å². The van der Waals surface area contributed by atoms with Crippen molar-refractivity contribution >= 4 is 20.9 Å². The first-order valence-electron chi connectivity index (χ1n) is 0. The molecule has 4 heteroatoms. The van der Waals surface area contributed by atoms with E-state index < -0.39 is 0 Å². The third-order valence-electron chi connectivity index (χ3n) is 0. The Morgan fingerprint density at radius 3 is 1.00 bits per heavy atom. The minimum Gasteiger partial charge on any atom is -0.153 e. The molecule has 0 fully saturated rings. The fraction of sp³-hybridized carbons (Fsp3) is 0. The minimum absolute atomic E-state index is 0. The number of hydrogen-bond acceptors (Lipinski definition) is 0. The van der Waals surface area contributed by atoms with E-state index in [2.05, 4.69) is 0 Å². The van der Waals surface area contributed by atoms with Crippen LogP contribution >= 0.6 is 9.90 Å². The van der Waals surface area contributed by atoms with Crippen molar-refractivity contribution in [3.05, 3.63) is 0 Å². The van der Waals surface area contributed by atoms with Gasteiger partial charge in [0.1, 0.15) is 0 Å². The van der Waals surface area contributed by atoms with Crippen molar-refractivity contribution in [2.45, 2.75) is 0 Å². The maximum atomic E-state index is 0. The van der Waals surface area contributed by atoms with Crippen molar-refractivity contribution in [3.8, 4) is 0 Å². The molecule has 1 unspecified atom stereocenters. The second-order valence-corrected chi connectivity index (χ2v) is 0. The van der Waals surface area contributed by atoms with Gasteiger partial charge in [-0.05, 0) is 11.0 Å². The zero-order chi connectivity index (χ0) is 0. The molecule has 32 valence electrons. The van der Waals surface area contributed by atoms with Gasteiger partial charge in [0.2, 0.25) is 0 Å². The summed E-state index contributed by atoms with van der Waals surface area (Å²) in [6, 6.07) is 0. The molecule has 0 saturated carbocycles. The Bertz CT molecular complexity index is 8.00. The van der Waals surface area contributed by atoms with Crippen LogP contribution in [-0.4, -0.2) is 11.0 Å². The molecule has 0 aliphatic carbocycles. The maximum absolute atomic E-state index is 0. The molecular weight excluding hydrogens is 302 g/mol. The van der Waals surface area contributed by atoms with E-state index in [1.54, 1.807) is 0 Å². The van der Waals surface area contributed by atoms with Gasteiger partial charge in [-0.1, -0.05) is 0 Å².